The molecule has 0 aliphatic heterocycles. The smallest absolute Gasteiger partial charge is 0.408 e. The Labute approximate surface area is 121 Å². The van der Waals surface area contributed by atoms with Crippen LogP contribution in [-0.2, 0) is 9.53 Å². The molecule has 0 radical (unpaired) electrons. The van der Waals surface area contributed by atoms with E-state index in [2.05, 4.69) is 9.69 Å². The summed E-state index contributed by atoms with van der Waals surface area (Å²) in [4.78, 5) is 23.2. The molecule has 0 spiro atoms. The summed E-state index contributed by atoms with van der Waals surface area (Å²) >= 11 is 1.08. The molecule has 0 bridgehead atoms. The van der Waals surface area contributed by atoms with Crippen molar-refractivity contribution in [3.63, 3.8) is 0 Å². The first-order valence-electron chi connectivity index (χ1n) is 5.93. The number of nitrogens with zero attached hydrogens (tertiary/aromatic N) is 1. The predicted octanol–water partition coefficient (Wildman–Crippen LogP) is 2.19. The second kappa shape index (κ2) is 6.56. The van der Waals surface area contributed by atoms with Crippen LogP contribution in [0.3, 0.4) is 0 Å². The number of rotatable bonds is 5. The van der Waals surface area contributed by atoms with Gasteiger partial charge in [-0.25, -0.2) is 4.79 Å². The van der Waals surface area contributed by atoms with E-state index in [1.807, 2.05) is 0 Å². The minimum Gasteiger partial charge on any atom is -0.481 e. The van der Waals surface area contributed by atoms with E-state index in [9.17, 15) is 9.59 Å². The van der Waals surface area contributed by atoms with Gasteiger partial charge < -0.3 is 19.9 Å². The molecule has 0 saturated carbocycles. The molecule has 2 N–H and O–H groups in total. The predicted molar refractivity (Wildman–Crippen MR) is 73.0 cm³/mol. The quantitative estimate of drug-likeness (QED) is 0.865. The van der Waals surface area contributed by atoms with E-state index in [0.717, 1.165) is 11.5 Å². The lowest BCUT2D eigenvalue weighted by atomic mass is 10.1. The molecule has 112 valence electrons. The number of ether oxygens (including phenoxy) is 2. The highest BCUT2D eigenvalue weighted by Crippen LogP contribution is 2.26. The van der Waals surface area contributed by atoms with Gasteiger partial charge in [0.2, 0.25) is 5.88 Å². The SMILES string of the molecule is COc1cc(C(CC(=O)O)NC(=O)OC(C)(C)C)sn1. The standard InChI is InChI=1S/C12H18N2O5S/c1-12(2,3)19-11(17)13-7(5-10(15)16)8-6-9(18-4)14-20-8/h6-7H,5H2,1-4H3,(H,13,17)(H,15,16). The van der Waals surface area contributed by atoms with Crippen LogP contribution in [0.15, 0.2) is 6.07 Å². The molecule has 0 aromatic carbocycles. The van der Waals surface area contributed by atoms with Gasteiger partial charge in [0, 0.05) is 6.07 Å². The lowest BCUT2D eigenvalue weighted by molar-refractivity contribution is -0.137. The normalized spacial score (nSPS) is 12.6. The van der Waals surface area contributed by atoms with Crippen LogP contribution in [0, 0.1) is 0 Å². The Morgan fingerprint density at radius 2 is 2.15 bits per heavy atom. The molecule has 0 aliphatic rings. The zero-order valence-corrected chi connectivity index (χ0v) is 12.6. The second-order valence-corrected chi connectivity index (χ2v) is 5.90. The van der Waals surface area contributed by atoms with E-state index in [-0.39, 0.29) is 6.42 Å². The maximum Gasteiger partial charge on any atom is 0.408 e. The zero-order chi connectivity index (χ0) is 15.3. The highest BCUT2D eigenvalue weighted by molar-refractivity contribution is 7.06. The van der Waals surface area contributed by atoms with Gasteiger partial charge in [-0.3, -0.25) is 4.79 Å². The molecule has 0 aliphatic carbocycles. The first-order chi connectivity index (χ1) is 9.21. The number of carbonyl (C=O) groups is 2. The van der Waals surface area contributed by atoms with E-state index in [4.69, 9.17) is 14.6 Å². The highest BCUT2D eigenvalue weighted by atomic mass is 32.1. The fraction of sp³-hybridized carbons (Fsp3) is 0.583. The number of carboxylic acid groups (broad SMARTS) is 1. The van der Waals surface area contributed by atoms with Crippen LogP contribution in [0.2, 0.25) is 0 Å². The molecular weight excluding hydrogens is 284 g/mol. The minimum atomic E-state index is -1.03. The molecule has 20 heavy (non-hydrogen) atoms. The van der Waals surface area contributed by atoms with E-state index >= 15 is 0 Å². The van der Waals surface area contributed by atoms with Crippen molar-refractivity contribution in [2.75, 3.05) is 7.11 Å². The second-order valence-electron chi connectivity index (χ2n) is 5.07. The monoisotopic (exact) mass is 302 g/mol. The van der Waals surface area contributed by atoms with Crippen LogP contribution in [0.4, 0.5) is 4.79 Å². The molecule has 1 unspecified atom stereocenters. The fourth-order valence-electron chi connectivity index (χ4n) is 1.38. The van der Waals surface area contributed by atoms with Crippen LogP contribution in [0.1, 0.15) is 38.1 Å². The van der Waals surface area contributed by atoms with E-state index in [0.29, 0.717) is 10.8 Å². The third-order valence-corrected chi connectivity index (χ3v) is 3.01. The number of carbonyl (C=O) groups excluding carboxylic acids is 1. The maximum atomic E-state index is 11.7. The van der Waals surface area contributed by atoms with Crippen molar-refractivity contribution in [2.45, 2.75) is 38.8 Å². The summed E-state index contributed by atoms with van der Waals surface area (Å²) in [5.74, 6) is -0.648. The number of hydrogen-bond donors (Lipinski definition) is 2. The average molecular weight is 302 g/mol. The number of aliphatic carboxylic acids is 1. The Balaban J connectivity index is 2.79. The molecule has 1 amide bonds. The van der Waals surface area contributed by atoms with Gasteiger partial charge in [0.1, 0.15) is 5.60 Å². The van der Waals surface area contributed by atoms with Gasteiger partial charge in [-0.2, -0.15) is 4.37 Å². The van der Waals surface area contributed by atoms with Crippen LogP contribution in [0.5, 0.6) is 5.88 Å². The van der Waals surface area contributed by atoms with Gasteiger partial charge in [-0.1, -0.05) is 0 Å². The number of aromatic nitrogens is 1. The topological polar surface area (TPSA) is 97.8 Å². The summed E-state index contributed by atoms with van der Waals surface area (Å²) in [6.07, 6.45) is -0.930. The van der Waals surface area contributed by atoms with Crippen LogP contribution < -0.4 is 10.1 Å². The summed E-state index contributed by atoms with van der Waals surface area (Å²) in [6.45, 7) is 5.19. The minimum absolute atomic E-state index is 0.259. The highest BCUT2D eigenvalue weighted by Gasteiger charge is 2.24. The number of amides is 1. The average Bonchev–Trinajstić information content (AvgIpc) is 2.73. The molecular formula is C12H18N2O5S. The molecule has 1 aromatic heterocycles. The van der Waals surface area contributed by atoms with Crippen molar-refractivity contribution >= 4 is 23.6 Å². The lowest BCUT2D eigenvalue weighted by Crippen LogP contribution is -2.35. The Hall–Kier alpha value is -1.83. The van der Waals surface area contributed by atoms with E-state index in [1.165, 1.54) is 7.11 Å². The van der Waals surface area contributed by atoms with Crippen molar-refractivity contribution in [3.8, 4) is 5.88 Å². The number of carboxylic acids is 1. The maximum absolute atomic E-state index is 11.7. The zero-order valence-electron chi connectivity index (χ0n) is 11.8. The Morgan fingerprint density at radius 3 is 2.60 bits per heavy atom. The summed E-state index contributed by atoms with van der Waals surface area (Å²) in [5.41, 5.74) is -0.650. The van der Waals surface area contributed by atoms with Crippen molar-refractivity contribution < 1.29 is 24.2 Å². The van der Waals surface area contributed by atoms with Crippen LogP contribution in [-0.4, -0.2) is 34.3 Å². The number of alkyl carbamates (subject to hydrolysis) is 1. The van der Waals surface area contributed by atoms with E-state index < -0.39 is 23.7 Å². The first-order valence-corrected chi connectivity index (χ1v) is 6.70. The van der Waals surface area contributed by atoms with Gasteiger partial charge in [0.05, 0.1) is 24.4 Å². The number of methoxy groups -OCH3 is 1. The Bertz CT molecular complexity index is 480. The summed E-state index contributed by atoms with van der Waals surface area (Å²) < 4.78 is 14.0. The summed E-state index contributed by atoms with van der Waals surface area (Å²) in [7, 11) is 1.46. The van der Waals surface area contributed by atoms with Crippen molar-refractivity contribution in [1.82, 2.24) is 9.69 Å². The largest absolute Gasteiger partial charge is 0.481 e. The fourth-order valence-corrected chi connectivity index (χ4v) is 2.13. The summed E-state index contributed by atoms with van der Waals surface area (Å²) in [6, 6.07) is 0.888. The molecule has 0 saturated heterocycles. The van der Waals surface area contributed by atoms with Crippen molar-refractivity contribution in [1.29, 1.82) is 0 Å². The van der Waals surface area contributed by atoms with Gasteiger partial charge in [0.25, 0.3) is 0 Å². The van der Waals surface area contributed by atoms with Gasteiger partial charge in [-0.05, 0) is 32.3 Å². The molecule has 0 fully saturated rings. The van der Waals surface area contributed by atoms with Gasteiger partial charge in [0.15, 0.2) is 0 Å². The molecule has 1 heterocycles. The Kier molecular flexibility index (Phi) is 5.32. The number of hydrogen-bond acceptors (Lipinski definition) is 6. The third-order valence-electron chi connectivity index (χ3n) is 2.13. The van der Waals surface area contributed by atoms with Crippen LogP contribution in [0.25, 0.3) is 0 Å². The van der Waals surface area contributed by atoms with Crippen molar-refractivity contribution in [2.24, 2.45) is 0 Å². The van der Waals surface area contributed by atoms with Crippen molar-refractivity contribution in [3.05, 3.63) is 10.9 Å². The van der Waals surface area contributed by atoms with Gasteiger partial charge >= 0.3 is 12.1 Å². The Morgan fingerprint density at radius 1 is 1.50 bits per heavy atom. The molecule has 1 aromatic rings. The third kappa shape index (κ3) is 5.43. The summed E-state index contributed by atoms with van der Waals surface area (Å²) in [5, 5.41) is 11.4. The molecule has 7 nitrogen and oxygen atoms in total. The van der Waals surface area contributed by atoms with Crippen LogP contribution >= 0.6 is 11.5 Å². The molecule has 1 atom stereocenters. The lowest BCUT2D eigenvalue weighted by Gasteiger charge is -2.22. The van der Waals surface area contributed by atoms with E-state index in [1.54, 1.807) is 26.8 Å². The van der Waals surface area contributed by atoms with Gasteiger partial charge in [-0.15, -0.1) is 0 Å². The molecule has 1 rings (SSSR count). The first kappa shape index (κ1) is 16.2. The molecule has 8 heteroatoms. The number of nitrogens with one attached hydrogen (secondary N) is 1.